The minimum Gasteiger partial charge on any atom is -0.465 e. The predicted molar refractivity (Wildman–Crippen MR) is 84.3 cm³/mol. The van der Waals surface area contributed by atoms with Gasteiger partial charge in [0.15, 0.2) is 5.78 Å². The standard InChI is InChI=1S/C16H13ClO3S/c1-20-16(19)12-8-6-11(7-9-12)14(18)10-21-15-5-3-2-4-13(15)17/h2-9H,10H2,1H3. The van der Waals surface area contributed by atoms with Gasteiger partial charge in [-0.3, -0.25) is 4.79 Å². The fourth-order valence-corrected chi connectivity index (χ4v) is 2.83. The van der Waals surface area contributed by atoms with Crippen molar-refractivity contribution in [2.24, 2.45) is 0 Å². The Bertz CT molecular complexity index is 653. The fourth-order valence-electron chi connectivity index (χ4n) is 1.70. The molecule has 0 spiro atoms. The highest BCUT2D eigenvalue weighted by atomic mass is 35.5. The van der Waals surface area contributed by atoms with Crippen LogP contribution in [0.2, 0.25) is 5.02 Å². The van der Waals surface area contributed by atoms with Crippen LogP contribution in [0, 0.1) is 0 Å². The summed E-state index contributed by atoms with van der Waals surface area (Å²) in [7, 11) is 1.32. The van der Waals surface area contributed by atoms with Gasteiger partial charge in [0.05, 0.1) is 23.4 Å². The molecule has 0 N–H and O–H groups in total. The van der Waals surface area contributed by atoms with Crippen molar-refractivity contribution < 1.29 is 14.3 Å². The number of hydrogen-bond acceptors (Lipinski definition) is 4. The molecular formula is C16H13ClO3S. The molecule has 0 radical (unpaired) electrons. The molecule has 0 bridgehead atoms. The minimum atomic E-state index is -0.417. The van der Waals surface area contributed by atoms with Crippen LogP contribution < -0.4 is 0 Å². The van der Waals surface area contributed by atoms with Crippen LogP contribution in [0.1, 0.15) is 20.7 Å². The molecule has 0 saturated carbocycles. The largest absolute Gasteiger partial charge is 0.465 e. The van der Waals surface area contributed by atoms with E-state index in [4.69, 9.17) is 11.6 Å². The number of benzene rings is 2. The molecule has 0 aromatic heterocycles. The number of ether oxygens (including phenoxy) is 1. The van der Waals surface area contributed by atoms with E-state index in [2.05, 4.69) is 4.74 Å². The van der Waals surface area contributed by atoms with E-state index >= 15 is 0 Å². The zero-order valence-electron chi connectivity index (χ0n) is 11.3. The maximum Gasteiger partial charge on any atom is 0.337 e. The molecule has 2 aromatic carbocycles. The lowest BCUT2D eigenvalue weighted by Gasteiger charge is -2.04. The second kappa shape index (κ2) is 7.29. The van der Waals surface area contributed by atoms with Gasteiger partial charge in [0.1, 0.15) is 0 Å². The molecule has 2 rings (SSSR count). The molecule has 0 unspecified atom stereocenters. The van der Waals surface area contributed by atoms with E-state index in [1.165, 1.54) is 18.9 Å². The maximum absolute atomic E-state index is 12.1. The summed E-state index contributed by atoms with van der Waals surface area (Å²) in [6.07, 6.45) is 0. The Morgan fingerprint density at radius 1 is 1.05 bits per heavy atom. The summed E-state index contributed by atoms with van der Waals surface area (Å²) in [4.78, 5) is 24.3. The van der Waals surface area contributed by atoms with E-state index in [-0.39, 0.29) is 5.78 Å². The Kier molecular flexibility index (Phi) is 5.42. The number of Topliss-reactive ketones (excluding diaryl/α,β-unsaturated/α-hetero) is 1. The quantitative estimate of drug-likeness (QED) is 0.472. The second-order valence-corrected chi connectivity index (χ2v) is 5.64. The zero-order chi connectivity index (χ0) is 15.2. The van der Waals surface area contributed by atoms with Crippen molar-refractivity contribution in [1.29, 1.82) is 0 Å². The van der Waals surface area contributed by atoms with Crippen molar-refractivity contribution in [2.75, 3.05) is 12.9 Å². The van der Waals surface area contributed by atoms with Crippen LogP contribution in [0.5, 0.6) is 0 Å². The van der Waals surface area contributed by atoms with Gasteiger partial charge in [0, 0.05) is 10.5 Å². The van der Waals surface area contributed by atoms with Crippen LogP contribution in [0.4, 0.5) is 0 Å². The fraction of sp³-hybridized carbons (Fsp3) is 0.125. The monoisotopic (exact) mass is 320 g/mol. The molecule has 5 heteroatoms. The first kappa shape index (κ1) is 15.6. The average Bonchev–Trinajstić information content (AvgIpc) is 2.53. The van der Waals surface area contributed by atoms with Gasteiger partial charge in [0.25, 0.3) is 0 Å². The number of carbonyl (C=O) groups excluding carboxylic acids is 2. The first-order chi connectivity index (χ1) is 10.1. The molecule has 0 atom stereocenters. The zero-order valence-corrected chi connectivity index (χ0v) is 12.9. The SMILES string of the molecule is COC(=O)c1ccc(C(=O)CSc2ccccc2Cl)cc1. The molecule has 0 amide bonds. The van der Waals surface area contributed by atoms with E-state index in [1.54, 1.807) is 30.3 Å². The summed E-state index contributed by atoms with van der Waals surface area (Å²) in [5.41, 5.74) is 0.981. The summed E-state index contributed by atoms with van der Waals surface area (Å²) in [6.45, 7) is 0. The van der Waals surface area contributed by atoms with Crippen molar-refractivity contribution in [3.63, 3.8) is 0 Å². The Hall–Kier alpha value is -1.78. The van der Waals surface area contributed by atoms with E-state index < -0.39 is 5.97 Å². The van der Waals surface area contributed by atoms with Gasteiger partial charge >= 0.3 is 5.97 Å². The smallest absolute Gasteiger partial charge is 0.337 e. The molecule has 108 valence electrons. The third-order valence-corrected chi connectivity index (χ3v) is 4.34. The van der Waals surface area contributed by atoms with Crippen LogP contribution in [0.25, 0.3) is 0 Å². The Balaban J connectivity index is 2.01. The Morgan fingerprint density at radius 2 is 1.67 bits per heavy atom. The van der Waals surface area contributed by atoms with Gasteiger partial charge in [-0.05, 0) is 24.3 Å². The molecule has 0 aliphatic heterocycles. The van der Waals surface area contributed by atoms with E-state index in [0.717, 1.165) is 4.90 Å². The average molecular weight is 321 g/mol. The predicted octanol–water partition coefficient (Wildman–Crippen LogP) is 4.10. The summed E-state index contributed by atoms with van der Waals surface area (Å²) >= 11 is 7.43. The minimum absolute atomic E-state index is 0.0173. The molecule has 0 fully saturated rings. The number of ketones is 1. The molecule has 2 aromatic rings. The van der Waals surface area contributed by atoms with E-state index in [9.17, 15) is 9.59 Å². The number of methoxy groups -OCH3 is 1. The van der Waals surface area contributed by atoms with Gasteiger partial charge in [-0.2, -0.15) is 0 Å². The van der Waals surface area contributed by atoms with E-state index in [0.29, 0.717) is 21.9 Å². The first-order valence-electron chi connectivity index (χ1n) is 6.20. The third kappa shape index (κ3) is 4.09. The molecule has 3 nitrogen and oxygen atoms in total. The highest BCUT2D eigenvalue weighted by Gasteiger charge is 2.10. The lowest BCUT2D eigenvalue weighted by atomic mass is 10.1. The highest BCUT2D eigenvalue weighted by Crippen LogP contribution is 2.27. The molecule has 0 aliphatic carbocycles. The number of esters is 1. The number of carbonyl (C=O) groups is 2. The number of thioether (sulfide) groups is 1. The van der Waals surface area contributed by atoms with Gasteiger partial charge in [-0.1, -0.05) is 35.9 Å². The summed E-state index contributed by atoms with van der Waals surface area (Å²) in [5, 5.41) is 0.635. The molecule has 0 heterocycles. The van der Waals surface area contributed by atoms with E-state index in [1.807, 2.05) is 18.2 Å². The summed E-state index contributed by atoms with van der Waals surface area (Å²) in [6, 6.07) is 13.8. The first-order valence-corrected chi connectivity index (χ1v) is 7.57. The van der Waals surface area contributed by atoms with Crippen LogP contribution >= 0.6 is 23.4 Å². The summed E-state index contributed by atoms with van der Waals surface area (Å²) < 4.78 is 4.61. The molecule has 0 saturated heterocycles. The highest BCUT2D eigenvalue weighted by molar-refractivity contribution is 8.00. The lowest BCUT2D eigenvalue weighted by molar-refractivity contribution is 0.0600. The molecule has 0 aliphatic rings. The Morgan fingerprint density at radius 3 is 2.29 bits per heavy atom. The second-order valence-electron chi connectivity index (χ2n) is 4.21. The van der Waals surface area contributed by atoms with Crippen molar-refractivity contribution in [1.82, 2.24) is 0 Å². The maximum atomic E-state index is 12.1. The van der Waals surface area contributed by atoms with Crippen LogP contribution in [-0.4, -0.2) is 24.6 Å². The van der Waals surface area contributed by atoms with Gasteiger partial charge in [-0.25, -0.2) is 4.79 Å². The van der Waals surface area contributed by atoms with Crippen LogP contribution in [0.15, 0.2) is 53.4 Å². The number of halogens is 1. The summed E-state index contributed by atoms with van der Waals surface area (Å²) in [5.74, 6) is -0.142. The van der Waals surface area contributed by atoms with Gasteiger partial charge in [-0.15, -0.1) is 11.8 Å². The van der Waals surface area contributed by atoms with Gasteiger partial charge in [0.2, 0.25) is 0 Å². The number of rotatable bonds is 5. The van der Waals surface area contributed by atoms with Crippen molar-refractivity contribution in [3.8, 4) is 0 Å². The normalized spacial score (nSPS) is 10.2. The van der Waals surface area contributed by atoms with Crippen molar-refractivity contribution in [3.05, 3.63) is 64.7 Å². The molecule has 21 heavy (non-hydrogen) atoms. The molecular weight excluding hydrogens is 308 g/mol. The topological polar surface area (TPSA) is 43.4 Å². The third-order valence-electron chi connectivity index (χ3n) is 2.82. The van der Waals surface area contributed by atoms with Crippen molar-refractivity contribution >= 4 is 35.1 Å². The lowest BCUT2D eigenvalue weighted by Crippen LogP contribution is -2.05. The van der Waals surface area contributed by atoms with Crippen LogP contribution in [0.3, 0.4) is 0 Å². The number of hydrogen-bond donors (Lipinski definition) is 0. The van der Waals surface area contributed by atoms with Crippen molar-refractivity contribution in [2.45, 2.75) is 4.90 Å². The van der Waals surface area contributed by atoms with Gasteiger partial charge < -0.3 is 4.74 Å². The van der Waals surface area contributed by atoms with Crippen LogP contribution in [-0.2, 0) is 4.74 Å². The Labute approximate surface area is 132 Å².